The van der Waals surface area contributed by atoms with Crippen molar-refractivity contribution in [3.05, 3.63) is 35.9 Å². The summed E-state index contributed by atoms with van der Waals surface area (Å²) in [7, 11) is 0. The van der Waals surface area contributed by atoms with Gasteiger partial charge >= 0.3 is 24.3 Å². The highest BCUT2D eigenvalue weighted by Crippen LogP contribution is 2.39. The Bertz CT molecular complexity index is 791. The van der Waals surface area contributed by atoms with Gasteiger partial charge in [-0.05, 0) is 5.56 Å². The van der Waals surface area contributed by atoms with E-state index in [2.05, 4.69) is 10.1 Å². The normalized spacial score (nSPS) is 24.6. The van der Waals surface area contributed by atoms with E-state index in [1.807, 2.05) is 0 Å². The van der Waals surface area contributed by atoms with Crippen LogP contribution < -0.4 is 5.32 Å². The number of likely N-dealkylation sites (tertiary alicyclic amines) is 1. The van der Waals surface area contributed by atoms with Gasteiger partial charge in [-0.3, -0.25) is 4.90 Å². The molecule has 2 atom stereocenters. The molecule has 2 saturated heterocycles. The third-order valence-corrected chi connectivity index (χ3v) is 5.51. The second-order valence-corrected chi connectivity index (χ2v) is 7.45. The molecule has 1 unspecified atom stereocenters. The van der Waals surface area contributed by atoms with Crippen molar-refractivity contribution >= 4 is 11.9 Å². The Labute approximate surface area is 173 Å². The van der Waals surface area contributed by atoms with E-state index in [-0.39, 0.29) is 39.0 Å². The molecule has 31 heavy (non-hydrogen) atoms. The molecule has 0 bridgehead atoms. The highest BCUT2D eigenvalue weighted by atomic mass is 19.4. The van der Waals surface area contributed by atoms with Crippen molar-refractivity contribution in [2.45, 2.75) is 42.9 Å². The number of hydrogen-bond acceptors (Lipinski definition) is 6. The first-order valence-corrected chi connectivity index (χ1v) is 9.51. The maximum Gasteiger partial charge on any atom is 0.490 e. The van der Waals surface area contributed by atoms with E-state index < -0.39 is 42.0 Å². The van der Waals surface area contributed by atoms with Crippen LogP contribution in [0.1, 0.15) is 18.4 Å². The van der Waals surface area contributed by atoms with Crippen molar-refractivity contribution in [1.82, 2.24) is 10.2 Å². The van der Waals surface area contributed by atoms with Gasteiger partial charge in [0, 0.05) is 39.0 Å². The van der Waals surface area contributed by atoms with Gasteiger partial charge in [0.25, 0.3) is 0 Å². The predicted molar refractivity (Wildman–Crippen MR) is 93.7 cm³/mol. The number of piperidine rings is 1. The van der Waals surface area contributed by atoms with Crippen LogP contribution >= 0.6 is 0 Å². The molecule has 172 valence electrons. The first-order valence-electron chi connectivity index (χ1n) is 9.51. The van der Waals surface area contributed by atoms with Gasteiger partial charge in [-0.2, -0.15) is 26.3 Å². The van der Waals surface area contributed by atoms with E-state index in [1.165, 1.54) is 0 Å². The standard InChI is InChI=1S/C19H20F6N2O4/c20-18(21,22)15(28)30-14-11-26-10-13(14)27-8-6-17(7-9-27,12-4-2-1-3-5-12)31-16(29)19(23,24)25/h1-5,13-14,26H,6-11H2/t13-,14?/m1/s1. The lowest BCUT2D eigenvalue weighted by Crippen LogP contribution is -2.53. The number of nitrogens with zero attached hydrogens (tertiary/aromatic N) is 1. The molecule has 2 fully saturated rings. The third-order valence-electron chi connectivity index (χ3n) is 5.51. The molecule has 0 aromatic heterocycles. The topological polar surface area (TPSA) is 67.9 Å². The summed E-state index contributed by atoms with van der Waals surface area (Å²) in [5.74, 6) is -4.59. The van der Waals surface area contributed by atoms with Crippen LogP contribution in [0.25, 0.3) is 0 Å². The monoisotopic (exact) mass is 454 g/mol. The minimum atomic E-state index is -5.16. The number of carbonyl (C=O) groups is 2. The molecule has 0 amide bonds. The number of halogens is 6. The van der Waals surface area contributed by atoms with Gasteiger partial charge in [0.15, 0.2) is 0 Å². The van der Waals surface area contributed by atoms with Gasteiger partial charge in [0.05, 0.1) is 6.04 Å². The number of rotatable bonds is 4. The van der Waals surface area contributed by atoms with Crippen LogP contribution in [0.3, 0.4) is 0 Å². The molecular formula is C19H20F6N2O4. The highest BCUT2D eigenvalue weighted by Gasteiger charge is 2.50. The molecule has 2 heterocycles. The lowest BCUT2D eigenvalue weighted by molar-refractivity contribution is -0.220. The zero-order valence-electron chi connectivity index (χ0n) is 16.1. The summed E-state index contributed by atoms with van der Waals surface area (Å²) < 4.78 is 85.7. The number of benzene rings is 1. The number of hydrogen-bond donors (Lipinski definition) is 1. The molecule has 3 rings (SSSR count). The zero-order chi connectivity index (χ0) is 22.9. The molecule has 1 aromatic carbocycles. The Morgan fingerprint density at radius 3 is 2.06 bits per heavy atom. The van der Waals surface area contributed by atoms with Crippen molar-refractivity contribution < 1.29 is 45.4 Å². The van der Waals surface area contributed by atoms with Crippen LogP contribution in [0.15, 0.2) is 30.3 Å². The summed E-state index contributed by atoms with van der Waals surface area (Å²) in [5.41, 5.74) is -1.12. The minimum absolute atomic E-state index is 0.00469. The average molecular weight is 454 g/mol. The lowest BCUT2D eigenvalue weighted by Gasteiger charge is -2.44. The van der Waals surface area contributed by atoms with Gasteiger partial charge in [-0.25, -0.2) is 9.59 Å². The molecule has 6 nitrogen and oxygen atoms in total. The number of carbonyl (C=O) groups excluding carboxylic acids is 2. The second kappa shape index (κ2) is 8.65. The summed E-state index contributed by atoms with van der Waals surface area (Å²) >= 11 is 0. The Morgan fingerprint density at radius 1 is 0.935 bits per heavy atom. The van der Waals surface area contributed by atoms with Crippen LogP contribution in [-0.4, -0.2) is 67.5 Å². The maximum absolute atomic E-state index is 12.8. The van der Waals surface area contributed by atoms with Crippen LogP contribution in [0.2, 0.25) is 0 Å². The fourth-order valence-corrected chi connectivity index (χ4v) is 3.97. The Kier molecular flexibility index (Phi) is 6.51. The van der Waals surface area contributed by atoms with E-state index in [0.29, 0.717) is 5.56 Å². The van der Waals surface area contributed by atoms with Gasteiger partial charge in [0.2, 0.25) is 0 Å². The number of esters is 2. The number of alkyl halides is 6. The van der Waals surface area contributed by atoms with Crippen LogP contribution in [0.5, 0.6) is 0 Å². The second-order valence-electron chi connectivity index (χ2n) is 7.45. The van der Waals surface area contributed by atoms with Gasteiger partial charge < -0.3 is 14.8 Å². The van der Waals surface area contributed by atoms with Gasteiger partial charge in [-0.15, -0.1) is 0 Å². The molecule has 2 aliphatic heterocycles. The van der Waals surface area contributed by atoms with Crippen LogP contribution in [0.4, 0.5) is 26.3 Å². The average Bonchev–Trinajstić information content (AvgIpc) is 3.16. The van der Waals surface area contributed by atoms with E-state index >= 15 is 0 Å². The number of nitrogens with one attached hydrogen (secondary N) is 1. The zero-order valence-corrected chi connectivity index (χ0v) is 16.1. The fraction of sp³-hybridized carbons (Fsp3) is 0.579. The Morgan fingerprint density at radius 2 is 1.52 bits per heavy atom. The molecule has 1 aromatic rings. The third kappa shape index (κ3) is 5.29. The summed E-state index contributed by atoms with van der Waals surface area (Å²) in [6, 6.07) is 7.42. The molecule has 0 radical (unpaired) electrons. The first kappa shape index (κ1) is 23.3. The van der Waals surface area contributed by atoms with E-state index in [1.54, 1.807) is 35.2 Å². The smallest absolute Gasteiger partial charge is 0.453 e. The molecule has 12 heteroatoms. The Balaban J connectivity index is 1.73. The van der Waals surface area contributed by atoms with Crippen molar-refractivity contribution in [2.24, 2.45) is 0 Å². The van der Waals surface area contributed by atoms with E-state index in [0.717, 1.165) is 0 Å². The molecule has 0 saturated carbocycles. The molecular weight excluding hydrogens is 434 g/mol. The Hall–Kier alpha value is -2.34. The summed E-state index contributed by atoms with van der Waals surface area (Å²) in [5, 5.41) is 2.86. The van der Waals surface area contributed by atoms with Gasteiger partial charge in [-0.1, -0.05) is 30.3 Å². The van der Waals surface area contributed by atoms with Crippen molar-refractivity contribution in [2.75, 3.05) is 26.2 Å². The van der Waals surface area contributed by atoms with Crippen LogP contribution in [-0.2, 0) is 24.7 Å². The van der Waals surface area contributed by atoms with Crippen molar-refractivity contribution in [3.8, 4) is 0 Å². The summed E-state index contributed by atoms with van der Waals surface area (Å²) in [4.78, 5) is 24.5. The SMILES string of the molecule is O=C(OC1CNC[C@H]1N1CCC(OC(=O)C(F)(F)F)(c2ccccc2)CC1)C(F)(F)F. The predicted octanol–water partition coefficient (Wildman–Crippen LogP) is 2.53. The summed E-state index contributed by atoms with van der Waals surface area (Å²) in [6.45, 7) is 0.533. The largest absolute Gasteiger partial charge is 0.490 e. The molecule has 1 N–H and O–H groups in total. The van der Waals surface area contributed by atoms with Crippen molar-refractivity contribution in [1.29, 1.82) is 0 Å². The summed E-state index contributed by atoms with van der Waals surface area (Å²) in [6.07, 6.45) is -11.4. The molecule has 0 aliphatic carbocycles. The quantitative estimate of drug-likeness (QED) is 0.557. The molecule has 2 aliphatic rings. The number of ether oxygens (including phenoxy) is 2. The van der Waals surface area contributed by atoms with E-state index in [4.69, 9.17) is 4.74 Å². The fourth-order valence-electron chi connectivity index (χ4n) is 3.97. The lowest BCUT2D eigenvalue weighted by atomic mass is 9.83. The highest BCUT2D eigenvalue weighted by molar-refractivity contribution is 5.76. The first-order chi connectivity index (χ1) is 14.4. The minimum Gasteiger partial charge on any atom is -0.453 e. The van der Waals surface area contributed by atoms with Crippen molar-refractivity contribution in [3.63, 3.8) is 0 Å². The molecule has 0 spiro atoms. The van der Waals surface area contributed by atoms with Gasteiger partial charge in [0.1, 0.15) is 11.7 Å². The maximum atomic E-state index is 12.8. The van der Waals surface area contributed by atoms with E-state index in [9.17, 15) is 35.9 Å². The van der Waals surface area contributed by atoms with Crippen LogP contribution in [0, 0.1) is 0 Å².